The molecule has 8 nitrogen and oxygen atoms in total. The van der Waals surface area contributed by atoms with E-state index in [0.717, 1.165) is 32.1 Å². The van der Waals surface area contributed by atoms with Crippen LogP contribution in [-0.4, -0.2) is 49.9 Å². The fraction of sp³-hybridized carbons (Fsp3) is 0.902. The second-order valence-electron chi connectivity index (χ2n) is 17.4. The van der Waals surface area contributed by atoms with Crippen molar-refractivity contribution in [1.82, 2.24) is 0 Å². The maximum Gasteiger partial charge on any atom is 0.472 e. The molecule has 0 saturated carbocycles. The van der Waals surface area contributed by atoms with Gasteiger partial charge >= 0.3 is 13.8 Å². The third-order valence-electron chi connectivity index (χ3n) is 11.3. The molecule has 0 aliphatic heterocycles. The third-order valence-corrected chi connectivity index (χ3v) is 12.3. The van der Waals surface area contributed by atoms with Crippen LogP contribution in [-0.2, 0) is 27.9 Å². The number of hydrogen-bond donors (Lipinski definition) is 2. The number of ether oxygens (including phenoxy) is 2. The molecular formula is C51H100NO7P. The van der Waals surface area contributed by atoms with Gasteiger partial charge in [0.2, 0.25) is 0 Å². The highest BCUT2D eigenvalue weighted by Gasteiger charge is 2.25. The lowest BCUT2D eigenvalue weighted by Crippen LogP contribution is -2.28. The predicted molar refractivity (Wildman–Crippen MR) is 257 cm³/mol. The van der Waals surface area contributed by atoms with Crippen molar-refractivity contribution in [1.29, 1.82) is 0 Å². The minimum absolute atomic E-state index is 0.0946. The van der Waals surface area contributed by atoms with Crippen molar-refractivity contribution in [2.45, 2.75) is 264 Å². The molecule has 356 valence electrons. The molecule has 0 saturated heterocycles. The average Bonchev–Trinajstić information content (AvgIpc) is 3.24. The van der Waals surface area contributed by atoms with Gasteiger partial charge in [-0.25, -0.2) is 4.57 Å². The molecular weight excluding hydrogens is 770 g/mol. The standard InChI is InChI=1S/C51H100NO7P/c1-3-5-7-9-11-13-15-17-19-21-22-23-24-25-26-27-28-29-30-32-34-36-38-40-42-44-51(53)59-50(49-58-60(54,55)57-47-45-52)48-56-46-43-41-39-37-35-33-31-20-18-16-14-12-10-8-6-4-2/h18,20-22,50H,3-17,19,23-49,52H2,1-2H3,(H,54,55)/b20-18-,22-21-. The fourth-order valence-electron chi connectivity index (χ4n) is 7.52. The highest BCUT2D eigenvalue weighted by atomic mass is 31.2. The highest BCUT2D eigenvalue weighted by Crippen LogP contribution is 2.43. The van der Waals surface area contributed by atoms with Crippen LogP contribution in [0.25, 0.3) is 0 Å². The molecule has 0 amide bonds. The van der Waals surface area contributed by atoms with Gasteiger partial charge in [0.05, 0.1) is 19.8 Å². The summed E-state index contributed by atoms with van der Waals surface area (Å²) in [7, 11) is -4.28. The first-order valence-corrected chi connectivity index (χ1v) is 27.3. The Morgan fingerprint density at radius 1 is 0.483 bits per heavy atom. The van der Waals surface area contributed by atoms with Crippen LogP contribution in [0.15, 0.2) is 24.3 Å². The van der Waals surface area contributed by atoms with E-state index >= 15 is 0 Å². The summed E-state index contributed by atoms with van der Waals surface area (Å²) < 4.78 is 33.6. The van der Waals surface area contributed by atoms with Gasteiger partial charge in [0.15, 0.2) is 0 Å². The zero-order valence-corrected chi connectivity index (χ0v) is 40.6. The average molecular weight is 870 g/mol. The Kier molecular flexibility index (Phi) is 48.2. The van der Waals surface area contributed by atoms with Gasteiger partial charge in [-0.1, -0.05) is 212 Å². The molecule has 60 heavy (non-hydrogen) atoms. The number of allylic oxidation sites excluding steroid dienone is 4. The summed E-state index contributed by atoms with van der Waals surface area (Å²) in [6, 6.07) is 0. The van der Waals surface area contributed by atoms with Crippen LogP contribution in [0.3, 0.4) is 0 Å². The minimum atomic E-state index is -4.28. The van der Waals surface area contributed by atoms with Crippen LogP contribution in [0.2, 0.25) is 0 Å². The van der Waals surface area contributed by atoms with Gasteiger partial charge in [-0.3, -0.25) is 13.8 Å². The Bertz CT molecular complexity index is 977. The van der Waals surface area contributed by atoms with Crippen molar-refractivity contribution in [3.05, 3.63) is 24.3 Å². The van der Waals surface area contributed by atoms with E-state index in [1.165, 1.54) is 205 Å². The van der Waals surface area contributed by atoms with Gasteiger partial charge < -0.3 is 20.1 Å². The van der Waals surface area contributed by atoms with Gasteiger partial charge in [-0.15, -0.1) is 0 Å². The molecule has 2 atom stereocenters. The summed E-state index contributed by atoms with van der Waals surface area (Å²) in [6.45, 7) is 4.95. The summed E-state index contributed by atoms with van der Waals surface area (Å²) in [4.78, 5) is 22.6. The van der Waals surface area contributed by atoms with E-state index in [9.17, 15) is 14.3 Å². The summed E-state index contributed by atoms with van der Waals surface area (Å²) in [5.41, 5.74) is 5.39. The molecule has 0 aliphatic rings. The Labute approximate surface area is 372 Å². The number of phosphoric ester groups is 1. The van der Waals surface area contributed by atoms with Gasteiger partial charge in [0.1, 0.15) is 6.10 Å². The van der Waals surface area contributed by atoms with Crippen LogP contribution in [0.1, 0.15) is 258 Å². The van der Waals surface area contributed by atoms with Crippen molar-refractivity contribution in [3.63, 3.8) is 0 Å². The van der Waals surface area contributed by atoms with E-state index < -0.39 is 13.9 Å². The minimum Gasteiger partial charge on any atom is -0.457 e. The molecule has 2 unspecified atom stereocenters. The van der Waals surface area contributed by atoms with Crippen molar-refractivity contribution in [2.75, 3.05) is 33.0 Å². The molecule has 0 fully saturated rings. The van der Waals surface area contributed by atoms with Gasteiger partial charge in [0.25, 0.3) is 0 Å². The van der Waals surface area contributed by atoms with Gasteiger partial charge in [0, 0.05) is 19.6 Å². The fourth-order valence-corrected chi connectivity index (χ4v) is 8.28. The molecule has 0 bridgehead atoms. The van der Waals surface area contributed by atoms with Crippen molar-refractivity contribution >= 4 is 13.8 Å². The SMILES string of the molecule is CCCCCCCC/C=C\CCCCCCCCOCC(COP(=O)(O)OCCN)OC(=O)CCCCCCCCCCCCCCC/C=C\CCCCCCCCCC. The topological polar surface area (TPSA) is 117 Å². The zero-order chi connectivity index (χ0) is 43.7. The molecule has 0 rings (SSSR count). The van der Waals surface area contributed by atoms with Crippen molar-refractivity contribution < 1.29 is 32.8 Å². The highest BCUT2D eigenvalue weighted by molar-refractivity contribution is 7.47. The van der Waals surface area contributed by atoms with Crippen molar-refractivity contribution in [2.24, 2.45) is 5.73 Å². The quantitative estimate of drug-likeness (QED) is 0.0269. The van der Waals surface area contributed by atoms with Crippen LogP contribution >= 0.6 is 7.82 Å². The molecule has 0 heterocycles. The number of unbranched alkanes of at least 4 members (excludes halogenated alkanes) is 33. The lowest BCUT2D eigenvalue weighted by atomic mass is 10.0. The van der Waals surface area contributed by atoms with E-state index in [4.69, 9.17) is 24.3 Å². The van der Waals surface area contributed by atoms with Crippen LogP contribution in [0, 0.1) is 0 Å². The molecule has 0 aromatic heterocycles. The Morgan fingerprint density at radius 2 is 0.833 bits per heavy atom. The predicted octanol–water partition coefficient (Wildman–Crippen LogP) is 16.0. The first-order chi connectivity index (χ1) is 29.4. The molecule has 0 aromatic rings. The zero-order valence-electron chi connectivity index (χ0n) is 39.7. The van der Waals surface area contributed by atoms with Gasteiger partial charge in [-0.05, 0) is 64.2 Å². The maximum atomic E-state index is 12.7. The lowest BCUT2D eigenvalue weighted by molar-refractivity contribution is -0.154. The Morgan fingerprint density at radius 3 is 1.22 bits per heavy atom. The number of nitrogens with two attached hydrogens (primary N) is 1. The normalized spacial score (nSPS) is 13.5. The second kappa shape index (κ2) is 49.0. The van der Waals surface area contributed by atoms with Gasteiger partial charge in [-0.2, -0.15) is 0 Å². The first-order valence-electron chi connectivity index (χ1n) is 25.8. The van der Waals surface area contributed by atoms with E-state index in [2.05, 4.69) is 38.2 Å². The van der Waals surface area contributed by atoms with Crippen molar-refractivity contribution in [3.8, 4) is 0 Å². The third kappa shape index (κ3) is 48.0. The number of carbonyl (C=O) groups excluding carboxylic acids is 1. The number of rotatable bonds is 50. The number of esters is 1. The molecule has 3 N–H and O–H groups in total. The van der Waals surface area contributed by atoms with Crippen LogP contribution in [0.4, 0.5) is 0 Å². The molecule has 0 aliphatic carbocycles. The monoisotopic (exact) mass is 870 g/mol. The summed E-state index contributed by atoms with van der Waals surface area (Å²) >= 11 is 0. The van der Waals surface area contributed by atoms with E-state index in [0.29, 0.717) is 13.0 Å². The lowest BCUT2D eigenvalue weighted by Gasteiger charge is -2.20. The van der Waals surface area contributed by atoms with E-state index in [1.54, 1.807) is 0 Å². The number of hydrogen-bond acceptors (Lipinski definition) is 7. The molecule has 0 spiro atoms. The van der Waals surface area contributed by atoms with Crippen LogP contribution < -0.4 is 5.73 Å². The first kappa shape index (κ1) is 59.0. The Hall–Kier alpha value is -1.02. The summed E-state index contributed by atoms with van der Waals surface area (Å²) in [6.07, 6.45) is 56.4. The van der Waals surface area contributed by atoms with Crippen LogP contribution in [0.5, 0.6) is 0 Å². The largest absolute Gasteiger partial charge is 0.472 e. The summed E-state index contributed by atoms with van der Waals surface area (Å²) in [5.74, 6) is -0.328. The second-order valence-corrected chi connectivity index (χ2v) is 18.8. The van der Waals surface area contributed by atoms with E-state index in [1.807, 2.05) is 0 Å². The Balaban J connectivity index is 3.89. The van der Waals surface area contributed by atoms with E-state index in [-0.39, 0.29) is 32.3 Å². The smallest absolute Gasteiger partial charge is 0.457 e. The number of phosphoric acid groups is 1. The number of carbonyl (C=O) groups is 1. The molecule has 0 aromatic carbocycles. The molecule has 0 radical (unpaired) electrons. The molecule has 9 heteroatoms. The summed E-state index contributed by atoms with van der Waals surface area (Å²) in [5, 5.41) is 0. The maximum absolute atomic E-state index is 12.7.